The number of benzene rings is 1. The van der Waals surface area contributed by atoms with Gasteiger partial charge in [0.15, 0.2) is 0 Å². The van der Waals surface area contributed by atoms with Crippen LogP contribution in [0.1, 0.15) is 13.8 Å². The topological polar surface area (TPSA) is 119 Å². The number of amides is 1. The van der Waals surface area contributed by atoms with Crippen LogP contribution in [0.3, 0.4) is 0 Å². The molecule has 2 N–H and O–H groups in total. The van der Waals surface area contributed by atoms with Crippen molar-refractivity contribution in [2.75, 3.05) is 12.4 Å². The van der Waals surface area contributed by atoms with Crippen LogP contribution >= 0.6 is 0 Å². The SMILES string of the molecule is COc1ccc(NC(=O)[C@H]2[C@H](C(=O)O)C2(C)C)cc1-n1cnnn1. The molecule has 1 aromatic heterocycles. The molecule has 0 unspecified atom stereocenters. The van der Waals surface area contributed by atoms with Crippen LogP contribution in [0.15, 0.2) is 24.5 Å². The van der Waals surface area contributed by atoms with Gasteiger partial charge in [0.1, 0.15) is 17.8 Å². The van der Waals surface area contributed by atoms with Gasteiger partial charge in [-0.25, -0.2) is 0 Å². The summed E-state index contributed by atoms with van der Waals surface area (Å²) in [7, 11) is 1.52. The van der Waals surface area contributed by atoms with E-state index >= 15 is 0 Å². The largest absolute Gasteiger partial charge is 0.494 e. The number of rotatable bonds is 5. The van der Waals surface area contributed by atoms with Crippen molar-refractivity contribution in [3.05, 3.63) is 24.5 Å². The second-order valence-corrected chi connectivity index (χ2v) is 6.25. The zero-order chi connectivity index (χ0) is 17.5. The predicted octanol–water partition coefficient (Wildman–Crippen LogP) is 0.966. The smallest absolute Gasteiger partial charge is 0.307 e. The molecule has 0 bridgehead atoms. The van der Waals surface area contributed by atoms with E-state index in [1.807, 2.05) is 0 Å². The number of carbonyl (C=O) groups excluding carboxylic acids is 1. The summed E-state index contributed by atoms with van der Waals surface area (Å²) < 4.78 is 6.68. The van der Waals surface area contributed by atoms with Crippen LogP contribution in [0.4, 0.5) is 5.69 Å². The van der Waals surface area contributed by atoms with Crippen molar-refractivity contribution in [1.82, 2.24) is 20.2 Å². The number of nitrogens with one attached hydrogen (secondary N) is 1. The van der Waals surface area contributed by atoms with Crippen molar-refractivity contribution in [3.8, 4) is 11.4 Å². The summed E-state index contributed by atoms with van der Waals surface area (Å²) in [6.07, 6.45) is 1.41. The lowest BCUT2D eigenvalue weighted by Gasteiger charge is -2.11. The van der Waals surface area contributed by atoms with E-state index in [1.54, 1.807) is 32.0 Å². The summed E-state index contributed by atoms with van der Waals surface area (Å²) in [5.74, 6) is -1.97. The van der Waals surface area contributed by atoms with E-state index in [9.17, 15) is 14.7 Å². The van der Waals surface area contributed by atoms with E-state index < -0.39 is 23.2 Å². The molecule has 2 aromatic rings. The Morgan fingerprint density at radius 3 is 2.62 bits per heavy atom. The first-order valence-electron chi connectivity index (χ1n) is 7.31. The number of hydrogen-bond acceptors (Lipinski definition) is 6. The highest BCUT2D eigenvalue weighted by molar-refractivity contribution is 5.99. The minimum absolute atomic E-state index is 0.319. The first-order valence-corrected chi connectivity index (χ1v) is 7.31. The number of anilines is 1. The normalized spacial score (nSPS) is 21.1. The van der Waals surface area contributed by atoms with Crippen LogP contribution < -0.4 is 10.1 Å². The average Bonchev–Trinajstić information content (AvgIpc) is 2.89. The minimum Gasteiger partial charge on any atom is -0.494 e. The molecule has 1 aromatic carbocycles. The van der Waals surface area contributed by atoms with Gasteiger partial charge in [0.05, 0.1) is 18.9 Å². The van der Waals surface area contributed by atoms with Gasteiger partial charge in [-0.1, -0.05) is 13.8 Å². The zero-order valence-electron chi connectivity index (χ0n) is 13.4. The summed E-state index contributed by atoms with van der Waals surface area (Å²) in [4.78, 5) is 23.6. The van der Waals surface area contributed by atoms with E-state index in [-0.39, 0.29) is 5.91 Å². The van der Waals surface area contributed by atoms with E-state index in [4.69, 9.17) is 4.74 Å². The van der Waals surface area contributed by atoms with Gasteiger partial charge in [0, 0.05) is 5.69 Å². The van der Waals surface area contributed by atoms with E-state index in [2.05, 4.69) is 20.8 Å². The molecule has 9 nitrogen and oxygen atoms in total. The number of carboxylic acids is 1. The lowest BCUT2D eigenvalue weighted by Crippen LogP contribution is -2.18. The Balaban J connectivity index is 1.83. The Morgan fingerprint density at radius 2 is 2.08 bits per heavy atom. The lowest BCUT2D eigenvalue weighted by atomic mass is 10.1. The fraction of sp³-hybridized carbons (Fsp3) is 0.400. The lowest BCUT2D eigenvalue weighted by molar-refractivity contribution is -0.140. The van der Waals surface area contributed by atoms with Crippen molar-refractivity contribution in [2.24, 2.45) is 17.3 Å². The highest BCUT2D eigenvalue weighted by Crippen LogP contribution is 2.58. The van der Waals surface area contributed by atoms with Gasteiger partial charge in [-0.3, -0.25) is 9.59 Å². The number of ether oxygens (including phenoxy) is 1. The number of carbonyl (C=O) groups is 2. The Bertz CT molecular complexity index is 787. The Labute approximate surface area is 137 Å². The second-order valence-electron chi connectivity index (χ2n) is 6.25. The van der Waals surface area contributed by atoms with Gasteiger partial charge in [-0.05, 0) is 34.0 Å². The summed E-state index contributed by atoms with van der Waals surface area (Å²) in [6.45, 7) is 3.55. The molecule has 0 spiro atoms. The van der Waals surface area contributed by atoms with Crippen molar-refractivity contribution in [2.45, 2.75) is 13.8 Å². The molecule has 1 fully saturated rings. The van der Waals surface area contributed by atoms with E-state index in [0.717, 1.165) is 0 Å². The maximum atomic E-state index is 12.4. The molecule has 0 radical (unpaired) electrons. The van der Waals surface area contributed by atoms with Crippen LogP contribution in [0, 0.1) is 17.3 Å². The number of hydrogen-bond donors (Lipinski definition) is 2. The molecular weight excluding hydrogens is 314 g/mol. The molecule has 1 saturated carbocycles. The first-order chi connectivity index (χ1) is 11.4. The third kappa shape index (κ3) is 2.57. The van der Waals surface area contributed by atoms with Gasteiger partial charge >= 0.3 is 5.97 Å². The van der Waals surface area contributed by atoms with Gasteiger partial charge < -0.3 is 15.2 Å². The maximum Gasteiger partial charge on any atom is 0.307 e. The zero-order valence-corrected chi connectivity index (χ0v) is 13.4. The molecule has 24 heavy (non-hydrogen) atoms. The third-order valence-electron chi connectivity index (χ3n) is 4.42. The average molecular weight is 331 g/mol. The Morgan fingerprint density at radius 1 is 1.33 bits per heavy atom. The fourth-order valence-corrected chi connectivity index (χ4v) is 3.03. The number of methoxy groups -OCH3 is 1. The molecule has 2 atom stereocenters. The van der Waals surface area contributed by atoms with Crippen molar-refractivity contribution in [1.29, 1.82) is 0 Å². The summed E-state index contributed by atoms with van der Waals surface area (Å²) in [6, 6.07) is 5.02. The molecule has 1 heterocycles. The quantitative estimate of drug-likeness (QED) is 0.837. The van der Waals surface area contributed by atoms with Crippen LogP contribution in [0.5, 0.6) is 5.75 Å². The fourth-order valence-electron chi connectivity index (χ4n) is 3.03. The van der Waals surface area contributed by atoms with Gasteiger partial charge in [-0.2, -0.15) is 4.68 Å². The molecular formula is C15H17N5O4. The molecule has 3 rings (SSSR count). The van der Waals surface area contributed by atoms with Gasteiger partial charge in [0.25, 0.3) is 0 Å². The van der Waals surface area contributed by atoms with Crippen LogP contribution in [-0.4, -0.2) is 44.3 Å². The molecule has 1 amide bonds. The summed E-state index contributed by atoms with van der Waals surface area (Å²) in [5.41, 5.74) is 0.518. The highest BCUT2D eigenvalue weighted by atomic mass is 16.5. The Hall–Kier alpha value is -2.97. The Kier molecular flexibility index (Phi) is 3.70. The van der Waals surface area contributed by atoms with E-state index in [1.165, 1.54) is 18.1 Å². The number of carboxylic acid groups (broad SMARTS) is 1. The van der Waals surface area contributed by atoms with Crippen LogP contribution in [0.2, 0.25) is 0 Å². The second kappa shape index (κ2) is 5.59. The monoisotopic (exact) mass is 331 g/mol. The minimum atomic E-state index is -0.954. The molecule has 126 valence electrons. The van der Waals surface area contributed by atoms with Crippen LogP contribution in [-0.2, 0) is 9.59 Å². The number of nitrogens with zero attached hydrogens (tertiary/aromatic N) is 4. The molecule has 1 aliphatic rings. The number of aromatic nitrogens is 4. The molecule has 1 aliphatic carbocycles. The van der Waals surface area contributed by atoms with Crippen molar-refractivity contribution >= 4 is 17.6 Å². The van der Waals surface area contributed by atoms with Crippen LogP contribution in [0.25, 0.3) is 5.69 Å². The predicted molar refractivity (Wildman–Crippen MR) is 82.7 cm³/mol. The molecule has 9 heteroatoms. The maximum absolute atomic E-state index is 12.4. The van der Waals surface area contributed by atoms with Crippen molar-refractivity contribution < 1.29 is 19.4 Å². The number of aliphatic carboxylic acids is 1. The summed E-state index contributed by atoms with van der Waals surface area (Å²) >= 11 is 0. The third-order valence-corrected chi connectivity index (χ3v) is 4.42. The highest BCUT2D eigenvalue weighted by Gasteiger charge is 2.65. The number of tetrazole rings is 1. The van der Waals surface area contributed by atoms with E-state index in [0.29, 0.717) is 17.1 Å². The summed E-state index contributed by atoms with van der Waals surface area (Å²) in [5, 5.41) is 22.9. The first kappa shape index (κ1) is 15.9. The van der Waals surface area contributed by atoms with Gasteiger partial charge in [-0.15, -0.1) is 5.10 Å². The molecule has 0 saturated heterocycles. The van der Waals surface area contributed by atoms with Gasteiger partial charge in [0.2, 0.25) is 5.91 Å². The van der Waals surface area contributed by atoms with Crippen molar-refractivity contribution in [3.63, 3.8) is 0 Å². The standard InChI is InChI=1S/C15H17N5O4/c1-15(2)11(12(15)14(22)23)13(21)17-8-4-5-10(24-3)9(6-8)20-7-16-18-19-20/h4-7,11-12H,1-3H3,(H,17,21)(H,22,23)/t11-,12-/m1/s1. The molecule has 0 aliphatic heterocycles.